The molecule has 1 aromatic heterocycles. The Morgan fingerprint density at radius 1 is 1.36 bits per heavy atom. The third kappa shape index (κ3) is 4.83. The topological polar surface area (TPSA) is 116 Å². The summed E-state index contributed by atoms with van der Waals surface area (Å²) in [5.74, 6) is 1.79. The van der Waals surface area contributed by atoms with Crippen LogP contribution < -0.4 is 20.1 Å². The molecule has 0 bridgehead atoms. The number of hydrogen-bond donors (Lipinski definition) is 2. The Balaban J connectivity index is 1.91. The number of hydrogen-bond acceptors (Lipinski definition) is 6. The van der Waals surface area contributed by atoms with Crippen LogP contribution in [0.15, 0.2) is 35.6 Å². The van der Waals surface area contributed by atoms with Gasteiger partial charge in [0.1, 0.15) is 12.4 Å². The van der Waals surface area contributed by atoms with Gasteiger partial charge in [0.25, 0.3) is 0 Å². The second-order valence-corrected chi connectivity index (χ2v) is 4.91. The minimum Gasteiger partial charge on any atom is -0.493 e. The van der Waals surface area contributed by atoms with Gasteiger partial charge in [0.2, 0.25) is 0 Å². The molecule has 0 aliphatic carbocycles. The molecule has 0 unspecified atom stereocenters. The van der Waals surface area contributed by atoms with Gasteiger partial charge in [-0.15, -0.1) is 0 Å². The van der Waals surface area contributed by atoms with Crippen LogP contribution in [-0.2, 0) is 6.54 Å². The molecule has 1 aromatic carbocycles. The molecule has 10 heteroatoms. The smallest absolute Gasteiger partial charge is 0.306 e. The van der Waals surface area contributed by atoms with Crippen LogP contribution in [0.2, 0.25) is 0 Å². The predicted octanol–water partition coefficient (Wildman–Crippen LogP) is 1.50. The first-order chi connectivity index (χ1) is 12.1. The summed E-state index contributed by atoms with van der Waals surface area (Å²) in [6.07, 6.45) is 2.60. The Bertz CT molecular complexity index is 758. The fraction of sp³-hybridized carbons (Fsp3) is 0.333. The summed E-state index contributed by atoms with van der Waals surface area (Å²) >= 11 is 0. The van der Waals surface area contributed by atoms with Gasteiger partial charge in [0, 0.05) is 25.3 Å². The first kappa shape index (κ1) is 18.0. The van der Waals surface area contributed by atoms with Crippen LogP contribution >= 0.6 is 0 Å². The number of aromatic nitrogens is 2. The maximum absolute atomic E-state index is 10.6. The molecule has 2 rings (SSSR count). The van der Waals surface area contributed by atoms with Crippen LogP contribution in [0.3, 0.4) is 0 Å². The van der Waals surface area contributed by atoms with Gasteiger partial charge >= 0.3 is 5.69 Å². The molecule has 0 atom stereocenters. The molecule has 0 saturated heterocycles. The van der Waals surface area contributed by atoms with Crippen molar-refractivity contribution < 1.29 is 14.4 Å². The SMILES string of the molecule is CN=C(NCCn1cc([N+](=O)[O-])cn1)Nc1ccc(OC)c(OC)c1. The lowest BCUT2D eigenvalue weighted by Crippen LogP contribution is -2.33. The fourth-order valence-electron chi connectivity index (χ4n) is 2.09. The summed E-state index contributed by atoms with van der Waals surface area (Å²) in [7, 11) is 4.79. The second-order valence-electron chi connectivity index (χ2n) is 4.91. The number of benzene rings is 1. The number of anilines is 1. The maximum Gasteiger partial charge on any atom is 0.306 e. The molecule has 0 radical (unpaired) electrons. The molecule has 25 heavy (non-hydrogen) atoms. The van der Waals surface area contributed by atoms with Crippen molar-refractivity contribution in [2.24, 2.45) is 4.99 Å². The van der Waals surface area contributed by atoms with E-state index in [2.05, 4.69) is 20.7 Å². The zero-order chi connectivity index (χ0) is 18.2. The summed E-state index contributed by atoms with van der Waals surface area (Å²) in [4.78, 5) is 14.3. The van der Waals surface area contributed by atoms with Crippen molar-refractivity contribution in [3.05, 3.63) is 40.7 Å². The monoisotopic (exact) mass is 348 g/mol. The molecule has 2 aromatic rings. The molecule has 134 valence electrons. The third-order valence-corrected chi connectivity index (χ3v) is 3.33. The molecule has 0 fully saturated rings. The van der Waals surface area contributed by atoms with Crippen molar-refractivity contribution in [2.75, 3.05) is 33.1 Å². The minimum absolute atomic E-state index is 0.0344. The molecule has 0 aliphatic heterocycles. The van der Waals surface area contributed by atoms with Crippen LogP contribution in [0.4, 0.5) is 11.4 Å². The Labute approximate surface area is 144 Å². The average molecular weight is 348 g/mol. The van der Waals surface area contributed by atoms with E-state index in [-0.39, 0.29) is 5.69 Å². The number of nitrogens with one attached hydrogen (secondary N) is 2. The zero-order valence-corrected chi connectivity index (χ0v) is 14.2. The van der Waals surface area contributed by atoms with Gasteiger partial charge in [0.15, 0.2) is 17.5 Å². The van der Waals surface area contributed by atoms with Crippen LogP contribution in [0.1, 0.15) is 0 Å². The Morgan fingerprint density at radius 3 is 2.72 bits per heavy atom. The highest BCUT2D eigenvalue weighted by Gasteiger charge is 2.09. The first-order valence-electron chi connectivity index (χ1n) is 7.44. The van der Waals surface area contributed by atoms with Gasteiger partial charge in [-0.2, -0.15) is 5.10 Å². The predicted molar refractivity (Wildman–Crippen MR) is 93.4 cm³/mol. The van der Waals surface area contributed by atoms with Crippen molar-refractivity contribution in [1.82, 2.24) is 15.1 Å². The maximum atomic E-state index is 10.6. The number of guanidine groups is 1. The van der Waals surface area contributed by atoms with Gasteiger partial charge < -0.3 is 20.1 Å². The molecular formula is C15H20N6O4. The minimum atomic E-state index is -0.478. The van der Waals surface area contributed by atoms with Gasteiger partial charge in [-0.3, -0.25) is 19.8 Å². The first-order valence-corrected chi connectivity index (χ1v) is 7.44. The van der Waals surface area contributed by atoms with Gasteiger partial charge in [-0.1, -0.05) is 0 Å². The summed E-state index contributed by atoms with van der Waals surface area (Å²) in [5.41, 5.74) is 0.744. The number of ether oxygens (including phenoxy) is 2. The highest BCUT2D eigenvalue weighted by Crippen LogP contribution is 2.29. The molecule has 0 amide bonds. The van der Waals surface area contributed by atoms with E-state index in [1.165, 1.54) is 17.1 Å². The van der Waals surface area contributed by atoms with E-state index < -0.39 is 4.92 Å². The number of methoxy groups -OCH3 is 2. The van der Waals surface area contributed by atoms with Gasteiger partial charge in [-0.05, 0) is 12.1 Å². The summed E-state index contributed by atoms with van der Waals surface area (Å²) in [6, 6.07) is 5.42. The summed E-state index contributed by atoms with van der Waals surface area (Å²) < 4.78 is 12.0. The van der Waals surface area contributed by atoms with E-state index in [4.69, 9.17) is 9.47 Å². The van der Waals surface area contributed by atoms with E-state index >= 15 is 0 Å². The van der Waals surface area contributed by atoms with E-state index in [9.17, 15) is 10.1 Å². The van der Waals surface area contributed by atoms with E-state index in [1.54, 1.807) is 33.4 Å². The van der Waals surface area contributed by atoms with Crippen molar-refractivity contribution in [3.8, 4) is 11.5 Å². The molecule has 10 nitrogen and oxygen atoms in total. The number of nitro groups is 1. The lowest BCUT2D eigenvalue weighted by molar-refractivity contribution is -0.385. The molecular weight excluding hydrogens is 328 g/mol. The third-order valence-electron chi connectivity index (χ3n) is 3.33. The van der Waals surface area contributed by atoms with Gasteiger partial charge in [0.05, 0.1) is 25.7 Å². The highest BCUT2D eigenvalue weighted by atomic mass is 16.6. The molecule has 1 heterocycles. The van der Waals surface area contributed by atoms with Crippen LogP contribution in [0.5, 0.6) is 11.5 Å². The molecule has 0 saturated carbocycles. The zero-order valence-electron chi connectivity index (χ0n) is 14.2. The van der Waals surface area contributed by atoms with E-state index in [0.717, 1.165) is 5.69 Å². The Morgan fingerprint density at radius 2 is 2.12 bits per heavy atom. The molecule has 0 spiro atoms. The fourth-order valence-corrected chi connectivity index (χ4v) is 2.09. The standard InChI is InChI=1S/C15H20N6O4/c1-16-15(17-6-7-20-10-12(9-18-20)21(22)23)19-11-4-5-13(24-2)14(8-11)25-3/h4-5,8-10H,6-7H2,1-3H3,(H2,16,17,19). The van der Waals surface area contributed by atoms with Crippen LogP contribution in [0, 0.1) is 10.1 Å². The van der Waals surface area contributed by atoms with Crippen molar-refractivity contribution >= 4 is 17.3 Å². The number of aliphatic imine (C=N–C) groups is 1. The molecule has 0 aliphatic rings. The van der Waals surface area contributed by atoms with E-state index in [1.807, 2.05) is 6.07 Å². The lowest BCUT2D eigenvalue weighted by atomic mass is 10.3. The van der Waals surface area contributed by atoms with Crippen molar-refractivity contribution in [1.29, 1.82) is 0 Å². The number of rotatable bonds is 7. The second kappa shape index (κ2) is 8.52. The largest absolute Gasteiger partial charge is 0.493 e. The number of nitrogens with zero attached hydrogens (tertiary/aromatic N) is 4. The van der Waals surface area contributed by atoms with Crippen LogP contribution in [-0.4, -0.2) is 48.5 Å². The molecule has 2 N–H and O–H groups in total. The summed E-state index contributed by atoms with van der Waals surface area (Å²) in [5, 5.41) is 20.8. The van der Waals surface area contributed by atoms with Crippen LogP contribution in [0.25, 0.3) is 0 Å². The Kier molecular flexibility index (Phi) is 6.15. The quantitative estimate of drug-likeness (QED) is 0.337. The summed E-state index contributed by atoms with van der Waals surface area (Å²) in [6.45, 7) is 0.951. The van der Waals surface area contributed by atoms with Gasteiger partial charge in [-0.25, -0.2) is 0 Å². The van der Waals surface area contributed by atoms with Crippen molar-refractivity contribution in [2.45, 2.75) is 6.54 Å². The highest BCUT2D eigenvalue weighted by molar-refractivity contribution is 5.93. The normalized spacial score (nSPS) is 11.1. The van der Waals surface area contributed by atoms with Crippen molar-refractivity contribution in [3.63, 3.8) is 0 Å². The Hall–Kier alpha value is -3.30. The average Bonchev–Trinajstić information content (AvgIpc) is 3.09. The lowest BCUT2D eigenvalue weighted by Gasteiger charge is -2.14. The van der Waals surface area contributed by atoms with E-state index in [0.29, 0.717) is 30.5 Å².